The molecule has 6 heteroatoms. The van der Waals surface area contributed by atoms with Crippen molar-refractivity contribution in [2.75, 3.05) is 19.0 Å². The van der Waals surface area contributed by atoms with Crippen LogP contribution >= 0.6 is 0 Å². The van der Waals surface area contributed by atoms with E-state index in [1.165, 1.54) is 0 Å². The molecule has 1 fully saturated rings. The lowest BCUT2D eigenvalue weighted by molar-refractivity contribution is -0.117. The second kappa shape index (κ2) is 8.01. The smallest absolute Gasteiger partial charge is 0.248 e. The van der Waals surface area contributed by atoms with Crippen LogP contribution in [0.5, 0.6) is 5.75 Å². The van der Waals surface area contributed by atoms with E-state index < -0.39 is 5.91 Å². The minimum atomic E-state index is -0.484. The molecule has 0 heterocycles. The molecule has 0 aliphatic heterocycles. The summed E-state index contributed by atoms with van der Waals surface area (Å²) in [5, 5.41) is 2.87. The van der Waals surface area contributed by atoms with Gasteiger partial charge in [0, 0.05) is 23.8 Å². The summed E-state index contributed by atoms with van der Waals surface area (Å²) in [4.78, 5) is 25.7. The molecule has 2 aromatic carbocycles. The van der Waals surface area contributed by atoms with Gasteiger partial charge in [0.05, 0.1) is 13.7 Å². The van der Waals surface area contributed by atoms with Crippen LogP contribution in [0.25, 0.3) is 0 Å². The number of carbonyl (C=O) groups is 2. The van der Waals surface area contributed by atoms with E-state index in [9.17, 15) is 9.59 Å². The van der Waals surface area contributed by atoms with Crippen LogP contribution < -0.4 is 15.8 Å². The maximum atomic E-state index is 12.4. The summed E-state index contributed by atoms with van der Waals surface area (Å²) in [7, 11) is 1.64. The standard InChI is InChI=1S/C20H23N3O3/c1-26-18-10-2-14(3-11-18)12-23(17-8-9-17)13-19(24)22-16-6-4-15(5-7-16)20(21)25/h2-7,10-11,17H,8-9,12-13H2,1H3,(H2,21,25)(H,22,24). The number of nitrogens with one attached hydrogen (secondary N) is 1. The van der Waals surface area contributed by atoms with Crippen molar-refractivity contribution in [2.45, 2.75) is 25.4 Å². The first-order valence-corrected chi connectivity index (χ1v) is 8.62. The van der Waals surface area contributed by atoms with Crippen molar-refractivity contribution >= 4 is 17.5 Å². The Labute approximate surface area is 152 Å². The summed E-state index contributed by atoms with van der Waals surface area (Å²) >= 11 is 0. The van der Waals surface area contributed by atoms with Crippen molar-refractivity contribution in [3.63, 3.8) is 0 Å². The molecule has 6 nitrogen and oxygen atoms in total. The number of nitrogens with zero attached hydrogens (tertiary/aromatic N) is 1. The Hall–Kier alpha value is -2.86. The molecule has 0 unspecified atom stereocenters. The number of methoxy groups -OCH3 is 1. The molecule has 2 amide bonds. The highest BCUT2D eigenvalue weighted by Gasteiger charge is 2.30. The van der Waals surface area contributed by atoms with E-state index in [2.05, 4.69) is 10.2 Å². The largest absolute Gasteiger partial charge is 0.497 e. The second-order valence-electron chi connectivity index (χ2n) is 6.47. The SMILES string of the molecule is COc1ccc(CN(CC(=O)Nc2ccc(C(N)=O)cc2)C2CC2)cc1. The molecule has 26 heavy (non-hydrogen) atoms. The Morgan fingerprint density at radius 3 is 2.31 bits per heavy atom. The molecule has 1 aliphatic carbocycles. The molecule has 3 rings (SSSR count). The zero-order valence-corrected chi connectivity index (χ0v) is 14.8. The van der Waals surface area contributed by atoms with Gasteiger partial charge in [0.2, 0.25) is 11.8 Å². The van der Waals surface area contributed by atoms with Crippen LogP contribution in [0.2, 0.25) is 0 Å². The Balaban J connectivity index is 1.58. The number of amides is 2. The number of carbonyl (C=O) groups excluding carboxylic acids is 2. The highest BCUT2D eigenvalue weighted by molar-refractivity contribution is 5.95. The van der Waals surface area contributed by atoms with Gasteiger partial charge in [-0.15, -0.1) is 0 Å². The van der Waals surface area contributed by atoms with Crippen molar-refractivity contribution in [2.24, 2.45) is 5.73 Å². The van der Waals surface area contributed by atoms with Crippen LogP contribution in [0.15, 0.2) is 48.5 Å². The van der Waals surface area contributed by atoms with Crippen molar-refractivity contribution in [3.8, 4) is 5.75 Å². The van der Waals surface area contributed by atoms with Crippen LogP contribution in [0.4, 0.5) is 5.69 Å². The third-order valence-corrected chi connectivity index (χ3v) is 4.41. The molecule has 0 atom stereocenters. The van der Waals surface area contributed by atoms with Crippen molar-refractivity contribution in [1.29, 1.82) is 0 Å². The van der Waals surface area contributed by atoms with E-state index in [4.69, 9.17) is 10.5 Å². The second-order valence-corrected chi connectivity index (χ2v) is 6.47. The maximum absolute atomic E-state index is 12.4. The topological polar surface area (TPSA) is 84.7 Å². The molecule has 0 saturated heterocycles. The normalized spacial score (nSPS) is 13.5. The Morgan fingerprint density at radius 2 is 1.77 bits per heavy atom. The number of rotatable bonds is 8. The van der Waals surface area contributed by atoms with E-state index in [1.807, 2.05) is 24.3 Å². The predicted octanol–water partition coefficient (Wildman–Crippen LogP) is 2.40. The lowest BCUT2D eigenvalue weighted by atomic mass is 10.2. The lowest BCUT2D eigenvalue weighted by Crippen LogP contribution is -2.34. The molecule has 0 spiro atoms. The highest BCUT2D eigenvalue weighted by Crippen LogP contribution is 2.28. The van der Waals surface area contributed by atoms with Gasteiger partial charge in [-0.2, -0.15) is 0 Å². The van der Waals surface area contributed by atoms with E-state index in [-0.39, 0.29) is 5.91 Å². The zero-order valence-electron chi connectivity index (χ0n) is 14.8. The summed E-state index contributed by atoms with van der Waals surface area (Å²) in [5.74, 6) is 0.267. The first-order valence-electron chi connectivity index (χ1n) is 8.62. The third-order valence-electron chi connectivity index (χ3n) is 4.41. The number of hydrogen-bond donors (Lipinski definition) is 2. The van der Waals surface area contributed by atoms with E-state index in [0.717, 1.165) is 30.7 Å². The van der Waals surface area contributed by atoms with Crippen LogP contribution in [-0.4, -0.2) is 36.4 Å². The van der Waals surface area contributed by atoms with E-state index in [0.29, 0.717) is 23.8 Å². The van der Waals surface area contributed by atoms with Gasteiger partial charge in [-0.1, -0.05) is 12.1 Å². The third kappa shape index (κ3) is 4.83. The van der Waals surface area contributed by atoms with Crippen molar-refractivity contribution in [3.05, 3.63) is 59.7 Å². The van der Waals surface area contributed by atoms with Gasteiger partial charge in [-0.05, 0) is 54.8 Å². The first kappa shape index (κ1) is 17.9. The highest BCUT2D eigenvalue weighted by atomic mass is 16.5. The number of benzene rings is 2. The van der Waals surface area contributed by atoms with Crippen LogP contribution in [0.3, 0.4) is 0 Å². The minimum absolute atomic E-state index is 0.0720. The summed E-state index contributed by atoms with van der Waals surface area (Å²) in [6.45, 7) is 1.05. The van der Waals surface area contributed by atoms with Gasteiger partial charge in [-0.25, -0.2) is 0 Å². The van der Waals surface area contributed by atoms with Gasteiger partial charge in [0.1, 0.15) is 5.75 Å². The summed E-state index contributed by atoms with van der Waals surface area (Å²) < 4.78 is 5.18. The predicted molar refractivity (Wildman–Crippen MR) is 100 cm³/mol. The molecule has 0 aromatic heterocycles. The number of anilines is 1. The number of hydrogen-bond acceptors (Lipinski definition) is 4. The molecule has 3 N–H and O–H groups in total. The summed E-state index contributed by atoms with van der Waals surface area (Å²) in [6, 6.07) is 14.9. The molecule has 136 valence electrons. The lowest BCUT2D eigenvalue weighted by Gasteiger charge is -2.21. The van der Waals surface area contributed by atoms with Gasteiger partial charge in [-0.3, -0.25) is 14.5 Å². The molecular weight excluding hydrogens is 330 g/mol. The quantitative estimate of drug-likeness (QED) is 0.763. The average molecular weight is 353 g/mol. The first-order chi connectivity index (χ1) is 12.5. The van der Waals surface area contributed by atoms with Crippen molar-refractivity contribution < 1.29 is 14.3 Å². The maximum Gasteiger partial charge on any atom is 0.248 e. The van der Waals surface area contributed by atoms with E-state index in [1.54, 1.807) is 31.4 Å². The molecule has 1 saturated carbocycles. The van der Waals surface area contributed by atoms with Gasteiger partial charge < -0.3 is 15.8 Å². The van der Waals surface area contributed by atoms with Gasteiger partial charge in [0.25, 0.3) is 0 Å². The van der Waals surface area contributed by atoms with Crippen LogP contribution in [0.1, 0.15) is 28.8 Å². The summed E-state index contributed by atoms with van der Waals surface area (Å²) in [6.07, 6.45) is 2.24. The Morgan fingerprint density at radius 1 is 1.12 bits per heavy atom. The van der Waals surface area contributed by atoms with Crippen molar-refractivity contribution in [1.82, 2.24) is 4.90 Å². The van der Waals surface area contributed by atoms with Gasteiger partial charge >= 0.3 is 0 Å². The van der Waals surface area contributed by atoms with Crippen LogP contribution in [-0.2, 0) is 11.3 Å². The molecule has 0 bridgehead atoms. The zero-order chi connectivity index (χ0) is 18.5. The molecular formula is C20H23N3O3. The minimum Gasteiger partial charge on any atom is -0.497 e. The number of ether oxygens (including phenoxy) is 1. The summed E-state index contributed by atoms with van der Waals surface area (Å²) in [5.41, 5.74) is 7.44. The fourth-order valence-corrected chi connectivity index (χ4v) is 2.82. The fourth-order valence-electron chi connectivity index (χ4n) is 2.82. The number of primary amides is 1. The molecule has 1 aliphatic rings. The van der Waals surface area contributed by atoms with Crippen LogP contribution in [0, 0.1) is 0 Å². The molecule has 0 radical (unpaired) electrons. The van der Waals surface area contributed by atoms with E-state index >= 15 is 0 Å². The Kier molecular flexibility index (Phi) is 5.53. The average Bonchev–Trinajstić information content (AvgIpc) is 3.47. The molecule has 2 aromatic rings. The Bertz CT molecular complexity index is 768. The van der Waals surface area contributed by atoms with Gasteiger partial charge in [0.15, 0.2) is 0 Å². The number of nitrogens with two attached hydrogens (primary N) is 1. The fraction of sp³-hybridized carbons (Fsp3) is 0.300. The monoisotopic (exact) mass is 353 g/mol.